The van der Waals surface area contributed by atoms with Crippen molar-refractivity contribution in [3.8, 4) is 0 Å². The molecular formula is C10H8Cl2O. The maximum atomic E-state index is 10.7. The molecular weight excluding hydrogens is 207 g/mol. The molecule has 13 heavy (non-hydrogen) atoms. The Labute approximate surface area is 87.0 Å². The van der Waals surface area contributed by atoms with Crippen molar-refractivity contribution in [1.82, 2.24) is 0 Å². The lowest BCUT2D eigenvalue weighted by atomic mass is 10.1. The minimum Gasteiger partial charge on any atom is -0.276 e. The van der Waals surface area contributed by atoms with Crippen LogP contribution in [0.25, 0.3) is 6.08 Å². The molecule has 1 rings (SSSR count). The number of halogens is 2. The molecule has 0 amide bonds. The van der Waals surface area contributed by atoms with Gasteiger partial charge in [0.1, 0.15) is 0 Å². The summed E-state index contributed by atoms with van der Waals surface area (Å²) in [5, 5.41) is 0.238. The SMILES string of the molecule is C/C(=C\c1ccc(Cl)cc1)C(=O)Cl. The van der Waals surface area contributed by atoms with Gasteiger partial charge in [-0.3, -0.25) is 4.79 Å². The minimum atomic E-state index is -0.435. The largest absolute Gasteiger partial charge is 0.276 e. The second-order valence-corrected chi connectivity index (χ2v) is 3.43. The molecule has 68 valence electrons. The van der Waals surface area contributed by atoms with Crippen LogP contribution in [0.2, 0.25) is 5.02 Å². The molecule has 1 aromatic carbocycles. The zero-order valence-electron chi connectivity index (χ0n) is 7.05. The molecule has 0 aliphatic rings. The van der Waals surface area contributed by atoms with Crippen molar-refractivity contribution in [2.45, 2.75) is 6.92 Å². The van der Waals surface area contributed by atoms with Crippen molar-refractivity contribution in [3.63, 3.8) is 0 Å². The van der Waals surface area contributed by atoms with Gasteiger partial charge in [-0.2, -0.15) is 0 Å². The second-order valence-electron chi connectivity index (χ2n) is 2.65. The summed E-state index contributed by atoms with van der Waals surface area (Å²) in [7, 11) is 0. The first-order chi connectivity index (χ1) is 6.09. The Morgan fingerprint density at radius 3 is 2.31 bits per heavy atom. The summed E-state index contributed by atoms with van der Waals surface area (Å²) in [6.07, 6.45) is 1.71. The summed E-state index contributed by atoms with van der Waals surface area (Å²) < 4.78 is 0. The van der Waals surface area contributed by atoms with Crippen LogP contribution >= 0.6 is 23.2 Å². The van der Waals surface area contributed by atoms with Crippen LogP contribution < -0.4 is 0 Å². The average molecular weight is 215 g/mol. The fourth-order valence-electron chi connectivity index (χ4n) is 0.866. The van der Waals surface area contributed by atoms with Gasteiger partial charge in [0, 0.05) is 10.6 Å². The lowest BCUT2D eigenvalue weighted by Gasteiger charge is -1.95. The van der Waals surface area contributed by atoms with Gasteiger partial charge < -0.3 is 0 Å². The van der Waals surface area contributed by atoms with E-state index in [0.717, 1.165) is 5.56 Å². The molecule has 0 N–H and O–H groups in total. The van der Waals surface area contributed by atoms with E-state index in [9.17, 15) is 4.79 Å². The van der Waals surface area contributed by atoms with Gasteiger partial charge in [0.05, 0.1) is 0 Å². The molecule has 0 aromatic heterocycles. The highest BCUT2D eigenvalue weighted by atomic mass is 35.5. The van der Waals surface area contributed by atoms with Crippen LogP contribution in [0.3, 0.4) is 0 Å². The lowest BCUT2D eigenvalue weighted by Crippen LogP contribution is -1.86. The third-order valence-corrected chi connectivity index (χ3v) is 2.11. The molecule has 3 heteroatoms. The third kappa shape index (κ3) is 3.21. The third-order valence-electron chi connectivity index (χ3n) is 1.56. The van der Waals surface area contributed by atoms with Gasteiger partial charge in [-0.15, -0.1) is 0 Å². The van der Waals surface area contributed by atoms with Gasteiger partial charge in [-0.05, 0) is 42.3 Å². The van der Waals surface area contributed by atoms with Crippen molar-refractivity contribution in [2.75, 3.05) is 0 Å². The maximum Gasteiger partial charge on any atom is 0.248 e. The van der Waals surface area contributed by atoms with Gasteiger partial charge in [-0.1, -0.05) is 23.7 Å². The van der Waals surface area contributed by atoms with Gasteiger partial charge in [0.25, 0.3) is 0 Å². The molecule has 0 aliphatic carbocycles. The molecule has 0 unspecified atom stereocenters. The van der Waals surface area contributed by atoms with E-state index < -0.39 is 5.24 Å². The van der Waals surface area contributed by atoms with E-state index in [-0.39, 0.29) is 0 Å². The molecule has 0 saturated carbocycles. The van der Waals surface area contributed by atoms with Crippen LogP contribution in [0.5, 0.6) is 0 Å². The van der Waals surface area contributed by atoms with E-state index in [4.69, 9.17) is 23.2 Å². The predicted molar refractivity (Wildman–Crippen MR) is 56.0 cm³/mol. The average Bonchev–Trinajstić information content (AvgIpc) is 2.08. The zero-order chi connectivity index (χ0) is 9.84. The molecule has 1 nitrogen and oxygen atoms in total. The van der Waals surface area contributed by atoms with E-state index >= 15 is 0 Å². The molecule has 0 atom stereocenters. The summed E-state index contributed by atoms with van der Waals surface area (Å²) in [6.45, 7) is 1.67. The molecule has 0 fully saturated rings. The molecule has 1 aromatic rings. The van der Waals surface area contributed by atoms with Crippen LogP contribution in [0.15, 0.2) is 29.8 Å². The van der Waals surface area contributed by atoms with Crippen LogP contribution in [0, 0.1) is 0 Å². The monoisotopic (exact) mass is 214 g/mol. The van der Waals surface area contributed by atoms with Gasteiger partial charge >= 0.3 is 0 Å². The Morgan fingerprint density at radius 1 is 1.31 bits per heavy atom. The Kier molecular flexibility index (Phi) is 3.52. The van der Waals surface area contributed by atoms with Gasteiger partial charge in [-0.25, -0.2) is 0 Å². The Morgan fingerprint density at radius 2 is 1.85 bits per heavy atom. The Balaban J connectivity index is 2.92. The maximum absolute atomic E-state index is 10.7. The number of rotatable bonds is 2. The zero-order valence-corrected chi connectivity index (χ0v) is 8.56. The van der Waals surface area contributed by atoms with E-state index in [0.29, 0.717) is 10.6 Å². The molecule has 0 bridgehead atoms. The standard InChI is InChI=1S/C10H8Cl2O/c1-7(10(12)13)6-8-2-4-9(11)5-3-8/h2-6H,1H3/b7-6+. The first kappa shape index (κ1) is 10.3. The van der Waals surface area contributed by atoms with Crippen molar-refractivity contribution >= 4 is 34.5 Å². The summed E-state index contributed by atoms with van der Waals surface area (Å²) in [4.78, 5) is 10.7. The Bertz CT molecular complexity index is 338. The quantitative estimate of drug-likeness (QED) is 0.545. The van der Waals surface area contributed by atoms with Crippen molar-refractivity contribution in [2.24, 2.45) is 0 Å². The number of carbonyl (C=O) groups excluding carboxylic acids is 1. The van der Waals surface area contributed by atoms with Crippen molar-refractivity contribution in [1.29, 1.82) is 0 Å². The van der Waals surface area contributed by atoms with Gasteiger partial charge in [0.15, 0.2) is 0 Å². The first-order valence-corrected chi connectivity index (χ1v) is 4.49. The van der Waals surface area contributed by atoms with Crippen LogP contribution in [0.4, 0.5) is 0 Å². The van der Waals surface area contributed by atoms with Crippen molar-refractivity contribution < 1.29 is 4.79 Å². The summed E-state index contributed by atoms with van der Waals surface area (Å²) in [6, 6.07) is 7.18. The molecule has 0 aliphatic heterocycles. The lowest BCUT2D eigenvalue weighted by molar-refractivity contribution is -0.108. The highest BCUT2D eigenvalue weighted by Gasteiger charge is 1.98. The summed E-state index contributed by atoms with van der Waals surface area (Å²) in [5.41, 5.74) is 1.43. The number of allylic oxidation sites excluding steroid dienone is 1. The molecule has 0 heterocycles. The van der Waals surface area contributed by atoms with Crippen LogP contribution in [-0.2, 0) is 4.79 Å². The van der Waals surface area contributed by atoms with E-state index in [1.807, 2.05) is 12.1 Å². The van der Waals surface area contributed by atoms with Gasteiger partial charge in [0.2, 0.25) is 5.24 Å². The second kappa shape index (κ2) is 4.45. The number of hydrogen-bond donors (Lipinski definition) is 0. The number of carbonyl (C=O) groups is 1. The number of hydrogen-bond acceptors (Lipinski definition) is 1. The van der Waals surface area contributed by atoms with E-state index in [1.54, 1.807) is 25.1 Å². The van der Waals surface area contributed by atoms with E-state index in [2.05, 4.69) is 0 Å². The molecule has 0 radical (unpaired) electrons. The fourth-order valence-corrected chi connectivity index (χ4v) is 1.05. The van der Waals surface area contributed by atoms with Crippen LogP contribution in [-0.4, -0.2) is 5.24 Å². The van der Waals surface area contributed by atoms with Crippen molar-refractivity contribution in [3.05, 3.63) is 40.4 Å². The number of benzene rings is 1. The smallest absolute Gasteiger partial charge is 0.248 e. The summed E-state index contributed by atoms with van der Waals surface area (Å²) >= 11 is 11.0. The molecule has 0 spiro atoms. The Hall–Kier alpha value is -0.790. The van der Waals surface area contributed by atoms with E-state index in [1.165, 1.54) is 0 Å². The highest BCUT2D eigenvalue weighted by molar-refractivity contribution is 6.68. The van der Waals surface area contributed by atoms with Crippen LogP contribution in [0.1, 0.15) is 12.5 Å². The minimum absolute atomic E-state index is 0.435. The highest BCUT2D eigenvalue weighted by Crippen LogP contribution is 2.13. The fraction of sp³-hybridized carbons (Fsp3) is 0.100. The normalized spacial score (nSPS) is 11.5. The summed E-state index contributed by atoms with van der Waals surface area (Å²) in [5.74, 6) is 0. The topological polar surface area (TPSA) is 17.1 Å². The predicted octanol–water partition coefficient (Wildman–Crippen LogP) is 3.51. The molecule has 0 saturated heterocycles. The first-order valence-electron chi connectivity index (χ1n) is 3.73.